The van der Waals surface area contributed by atoms with E-state index in [1.54, 1.807) is 0 Å². The fraction of sp³-hybridized carbons (Fsp3) is 0.778. The summed E-state index contributed by atoms with van der Waals surface area (Å²) in [6, 6.07) is 0. The molecule has 0 bridgehead atoms. The third-order valence-corrected chi connectivity index (χ3v) is 2.19. The van der Waals surface area contributed by atoms with Crippen molar-refractivity contribution >= 4 is 0 Å². The monoisotopic (exact) mass is 152 g/mol. The fourth-order valence-corrected chi connectivity index (χ4v) is 1.40. The Morgan fingerprint density at radius 1 is 1.73 bits per heavy atom. The molecule has 0 spiro atoms. The van der Waals surface area contributed by atoms with Crippen molar-refractivity contribution in [3.05, 3.63) is 0 Å². The Labute approximate surface area is 68.8 Å². The molecule has 2 N–H and O–H groups in total. The third-order valence-electron chi connectivity index (χ3n) is 2.19. The van der Waals surface area contributed by atoms with Crippen molar-refractivity contribution in [2.45, 2.75) is 25.3 Å². The molecule has 1 atom stereocenters. The first-order chi connectivity index (χ1) is 5.27. The highest BCUT2D eigenvalue weighted by Gasteiger charge is 2.26. The molecular weight excluding hydrogens is 136 g/mol. The van der Waals surface area contributed by atoms with Gasteiger partial charge < -0.3 is 10.6 Å². The molecule has 0 radical (unpaired) electrons. The molecule has 1 rings (SSSR count). The topological polar surface area (TPSA) is 24.1 Å². The Bertz CT molecular complexity index is 151. The van der Waals surface area contributed by atoms with Crippen LogP contribution >= 0.6 is 0 Å². The third kappa shape index (κ3) is 2.53. The van der Waals surface area contributed by atoms with Crippen LogP contribution in [-0.2, 0) is 0 Å². The van der Waals surface area contributed by atoms with Gasteiger partial charge in [-0.3, -0.25) is 0 Å². The second-order valence-corrected chi connectivity index (χ2v) is 3.37. The fourth-order valence-electron chi connectivity index (χ4n) is 1.40. The second-order valence-electron chi connectivity index (χ2n) is 3.37. The molecule has 2 heteroatoms. The summed E-state index contributed by atoms with van der Waals surface area (Å²) in [6.07, 6.45) is 7.19. The van der Waals surface area contributed by atoms with Gasteiger partial charge in [-0.25, -0.2) is 0 Å². The van der Waals surface area contributed by atoms with Crippen LogP contribution in [0, 0.1) is 12.3 Å². The highest BCUT2D eigenvalue weighted by atomic mass is 15.1. The smallest absolute Gasteiger partial charge is 0.0290 e. The maximum Gasteiger partial charge on any atom is 0.0290 e. The second kappa shape index (κ2) is 3.75. The summed E-state index contributed by atoms with van der Waals surface area (Å²) in [6.45, 7) is 5.37. The molecule has 62 valence electrons. The molecule has 1 aliphatic rings. The number of rotatable bonds is 3. The van der Waals surface area contributed by atoms with E-state index >= 15 is 0 Å². The van der Waals surface area contributed by atoms with Gasteiger partial charge in [0.25, 0.3) is 0 Å². The van der Waals surface area contributed by atoms with Gasteiger partial charge in [-0.05, 0) is 19.9 Å². The maximum atomic E-state index is 5.15. The summed E-state index contributed by atoms with van der Waals surface area (Å²) >= 11 is 0. The maximum absolute atomic E-state index is 5.15. The highest BCUT2D eigenvalue weighted by molar-refractivity contribution is 4.93. The van der Waals surface area contributed by atoms with Crippen molar-refractivity contribution in [1.82, 2.24) is 10.6 Å². The van der Waals surface area contributed by atoms with E-state index in [2.05, 4.69) is 23.5 Å². The van der Waals surface area contributed by atoms with E-state index in [1.165, 1.54) is 6.42 Å². The minimum absolute atomic E-state index is 0.289. The standard InChI is InChI=1S/C9H16N2/c1-3-4-6-11-9(2)5-7-10-8-9/h1,10-11H,4-8H2,2H3. The van der Waals surface area contributed by atoms with Gasteiger partial charge in [-0.2, -0.15) is 0 Å². The van der Waals surface area contributed by atoms with Crippen LogP contribution in [0.4, 0.5) is 0 Å². The van der Waals surface area contributed by atoms with E-state index in [-0.39, 0.29) is 5.54 Å². The summed E-state index contributed by atoms with van der Waals surface area (Å²) in [7, 11) is 0. The summed E-state index contributed by atoms with van der Waals surface area (Å²) in [5.74, 6) is 2.63. The van der Waals surface area contributed by atoms with E-state index in [0.29, 0.717) is 0 Å². The molecule has 1 fully saturated rings. The molecule has 0 aromatic heterocycles. The van der Waals surface area contributed by atoms with Crippen LogP contribution in [0.3, 0.4) is 0 Å². The van der Waals surface area contributed by atoms with E-state index in [1.807, 2.05) is 0 Å². The van der Waals surface area contributed by atoms with E-state index in [0.717, 1.165) is 26.1 Å². The lowest BCUT2D eigenvalue weighted by molar-refractivity contribution is 0.393. The molecule has 0 aromatic carbocycles. The summed E-state index contributed by atoms with van der Waals surface area (Å²) in [5, 5.41) is 6.78. The van der Waals surface area contributed by atoms with Gasteiger partial charge in [0.15, 0.2) is 0 Å². The molecule has 0 saturated carbocycles. The molecule has 1 saturated heterocycles. The minimum atomic E-state index is 0.289. The van der Waals surface area contributed by atoms with Gasteiger partial charge >= 0.3 is 0 Å². The average Bonchev–Trinajstić information content (AvgIpc) is 2.38. The first-order valence-corrected chi connectivity index (χ1v) is 4.16. The zero-order chi connectivity index (χ0) is 8.16. The van der Waals surface area contributed by atoms with E-state index < -0.39 is 0 Å². The van der Waals surface area contributed by atoms with Crippen LogP contribution in [-0.4, -0.2) is 25.2 Å². The Balaban J connectivity index is 2.19. The van der Waals surface area contributed by atoms with Crippen LogP contribution in [0.25, 0.3) is 0 Å². The normalized spacial score (nSPS) is 30.2. The summed E-state index contributed by atoms with van der Waals surface area (Å²) in [4.78, 5) is 0. The van der Waals surface area contributed by atoms with Gasteiger partial charge in [0.05, 0.1) is 0 Å². The molecule has 0 aliphatic carbocycles. The Morgan fingerprint density at radius 2 is 2.55 bits per heavy atom. The minimum Gasteiger partial charge on any atom is -0.315 e. The van der Waals surface area contributed by atoms with Gasteiger partial charge in [0.1, 0.15) is 0 Å². The molecule has 11 heavy (non-hydrogen) atoms. The van der Waals surface area contributed by atoms with Crippen LogP contribution < -0.4 is 10.6 Å². The van der Waals surface area contributed by atoms with Crippen LogP contribution in [0.15, 0.2) is 0 Å². The van der Waals surface area contributed by atoms with Crippen molar-refractivity contribution in [2.24, 2.45) is 0 Å². The molecule has 1 unspecified atom stereocenters. The average molecular weight is 152 g/mol. The lowest BCUT2D eigenvalue weighted by atomic mass is 10.0. The van der Waals surface area contributed by atoms with Gasteiger partial charge in [-0.15, -0.1) is 12.3 Å². The Kier molecular flexibility index (Phi) is 2.92. The van der Waals surface area contributed by atoms with Crippen molar-refractivity contribution in [1.29, 1.82) is 0 Å². The van der Waals surface area contributed by atoms with Gasteiger partial charge in [-0.1, -0.05) is 0 Å². The first kappa shape index (κ1) is 8.58. The lowest BCUT2D eigenvalue weighted by Crippen LogP contribution is -2.44. The zero-order valence-corrected chi connectivity index (χ0v) is 7.11. The van der Waals surface area contributed by atoms with Crippen molar-refractivity contribution in [2.75, 3.05) is 19.6 Å². The number of hydrogen-bond donors (Lipinski definition) is 2. The first-order valence-electron chi connectivity index (χ1n) is 4.16. The largest absolute Gasteiger partial charge is 0.315 e. The summed E-state index contributed by atoms with van der Waals surface area (Å²) in [5.41, 5.74) is 0.289. The van der Waals surface area contributed by atoms with E-state index in [9.17, 15) is 0 Å². The Morgan fingerprint density at radius 3 is 3.09 bits per heavy atom. The molecule has 1 aliphatic heterocycles. The molecule has 0 amide bonds. The summed E-state index contributed by atoms with van der Waals surface area (Å²) < 4.78 is 0. The molecular formula is C9H16N2. The number of terminal acetylenes is 1. The van der Waals surface area contributed by atoms with Gasteiger partial charge in [0, 0.05) is 25.0 Å². The number of nitrogens with one attached hydrogen (secondary N) is 2. The van der Waals surface area contributed by atoms with Crippen molar-refractivity contribution < 1.29 is 0 Å². The molecule has 2 nitrogen and oxygen atoms in total. The predicted molar refractivity (Wildman–Crippen MR) is 47.3 cm³/mol. The Hall–Kier alpha value is -0.520. The van der Waals surface area contributed by atoms with Crippen molar-refractivity contribution in [3.63, 3.8) is 0 Å². The number of hydrogen-bond acceptors (Lipinski definition) is 2. The van der Waals surface area contributed by atoms with Crippen molar-refractivity contribution in [3.8, 4) is 12.3 Å². The predicted octanol–water partition coefficient (Wildman–Crippen LogP) is 0.351. The van der Waals surface area contributed by atoms with Crippen LogP contribution in [0.2, 0.25) is 0 Å². The zero-order valence-electron chi connectivity index (χ0n) is 7.11. The van der Waals surface area contributed by atoms with E-state index in [4.69, 9.17) is 6.42 Å². The van der Waals surface area contributed by atoms with Crippen LogP contribution in [0.1, 0.15) is 19.8 Å². The quantitative estimate of drug-likeness (QED) is 0.450. The lowest BCUT2D eigenvalue weighted by Gasteiger charge is -2.23. The molecule has 0 aromatic rings. The highest BCUT2D eigenvalue weighted by Crippen LogP contribution is 2.12. The SMILES string of the molecule is C#CCCNC1(C)CCNC1. The van der Waals surface area contributed by atoms with Gasteiger partial charge in [0.2, 0.25) is 0 Å². The molecule has 1 heterocycles. The van der Waals surface area contributed by atoms with Crippen LogP contribution in [0.5, 0.6) is 0 Å².